The van der Waals surface area contributed by atoms with Crippen molar-refractivity contribution in [2.45, 2.75) is 20.4 Å². The van der Waals surface area contributed by atoms with Gasteiger partial charge in [-0.15, -0.1) is 5.10 Å². The molecule has 0 unspecified atom stereocenters. The van der Waals surface area contributed by atoms with Crippen molar-refractivity contribution in [3.8, 4) is 5.75 Å². The number of aromatic nitrogens is 3. The lowest BCUT2D eigenvalue weighted by molar-refractivity contribution is 0.102. The number of amides is 1. The molecule has 6 nitrogen and oxygen atoms in total. The Morgan fingerprint density at radius 2 is 2.00 bits per heavy atom. The van der Waals surface area contributed by atoms with Crippen LogP contribution in [0.25, 0.3) is 0 Å². The molecule has 0 bridgehead atoms. The van der Waals surface area contributed by atoms with Crippen LogP contribution < -0.4 is 5.32 Å². The summed E-state index contributed by atoms with van der Waals surface area (Å²) >= 11 is 6.17. The maximum absolute atomic E-state index is 12.5. The first kappa shape index (κ1) is 17.0. The minimum absolute atomic E-state index is 0.0000577. The molecule has 0 fully saturated rings. The summed E-state index contributed by atoms with van der Waals surface area (Å²) in [6.45, 7) is 4.06. The van der Waals surface area contributed by atoms with Crippen LogP contribution in [0, 0.1) is 13.8 Å². The average molecular weight is 357 g/mol. The van der Waals surface area contributed by atoms with Gasteiger partial charge in [-0.1, -0.05) is 41.1 Å². The van der Waals surface area contributed by atoms with E-state index < -0.39 is 5.91 Å². The standard InChI is InChI=1S/C18H17ClN4O2/c1-11-7-8-16(24)15(9-11)20-18(25)17-12(2)23(22-21-17)10-13-5-3-4-6-14(13)19/h3-9,24H,10H2,1-2H3,(H,20,25). The lowest BCUT2D eigenvalue weighted by Gasteiger charge is -2.08. The maximum atomic E-state index is 12.5. The molecule has 1 aromatic heterocycles. The monoisotopic (exact) mass is 356 g/mol. The largest absolute Gasteiger partial charge is 0.506 e. The Morgan fingerprint density at radius 1 is 1.24 bits per heavy atom. The minimum atomic E-state index is -0.427. The number of nitrogens with zero attached hydrogens (tertiary/aromatic N) is 3. The maximum Gasteiger partial charge on any atom is 0.278 e. The lowest BCUT2D eigenvalue weighted by Crippen LogP contribution is -2.14. The number of benzene rings is 2. The first-order chi connectivity index (χ1) is 12.0. The van der Waals surface area contributed by atoms with Gasteiger partial charge in [0.05, 0.1) is 17.9 Å². The van der Waals surface area contributed by atoms with Crippen LogP contribution in [0.4, 0.5) is 5.69 Å². The molecule has 0 atom stereocenters. The highest BCUT2D eigenvalue weighted by atomic mass is 35.5. The van der Waals surface area contributed by atoms with Crippen molar-refractivity contribution in [2.24, 2.45) is 0 Å². The number of hydrogen-bond donors (Lipinski definition) is 2. The van der Waals surface area contributed by atoms with Crippen molar-refractivity contribution in [2.75, 3.05) is 5.32 Å². The van der Waals surface area contributed by atoms with E-state index in [1.165, 1.54) is 6.07 Å². The van der Waals surface area contributed by atoms with E-state index in [4.69, 9.17) is 11.6 Å². The van der Waals surface area contributed by atoms with Gasteiger partial charge < -0.3 is 10.4 Å². The number of nitrogens with one attached hydrogen (secondary N) is 1. The molecule has 0 spiro atoms. The SMILES string of the molecule is Cc1ccc(O)c(NC(=O)c2nnn(Cc3ccccc3Cl)c2C)c1. The second-order valence-corrected chi connectivity index (χ2v) is 6.15. The summed E-state index contributed by atoms with van der Waals surface area (Å²) in [5, 5.41) is 21.2. The first-order valence-corrected chi connectivity index (χ1v) is 8.08. The quantitative estimate of drug-likeness (QED) is 0.700. The average Bonchev–Trinajstić information content (AvgIpc) is 2.94. The van der Waals surface area contributed by atoms with E-state index in [1.807, 2.05) is 25.1 Å². The zero-order valence-corrected chi connectivity index (χ0v) is 14.6. The van der Waals surface area contributed by atoms with Gasteiger partial charge in [0, 0.05) is 5.02 Å². The lowest BCUT2D eigenvalue weighted by atomic mass is 10.2. The molecule has 1 amide bonds. The molecule has 128 valence electrons. The molecule has 1 heterocycles. The summed E-state index contributed by atoms with van der Waals surface area (Å²) in [5.74, 6) is -0.427. The number of aromatic hydroxyl groups is 1. The van der Waals surface area contributed by atoms with E-state index in [-0.39, 0.29) is 11.4 Å². The van der Waals surface area contributed by atoms with Gasteiger partial charge in [0.2, 0.25) is 0 Å². The van der Waals surface area contributed by atoms with E-state index in [0.29, 0.717) is 22.9 Å². The molecule has 25 heavy (non-hydrogen) atoms. The fourth-order valence-corrected chi connectivity index (χ4v) is 2.64. The van der Waals surface area contributed by atoms with Crippen LogP contribution in [-0.4, -0.2) is 26.0 Å². The second kappa shape index (κ2) is 6.94. The van der Waals surface area contributed by atoms with Crippen molar-refractivity contribution in [3.05, 3.63) is 70.0 Å². The highest BCUT2D eigenvalue weighted by Crippen LogP contribution is 2.24. The summed E-state index contributed by atoms with van der Waals surface area (Å²) < 4.78 is 1.62. The number of halogens is 1. The number of rotatable bonds is 4. The molecular formula is C18H17ClN4O2. The molecule has 0 saturated carbocycles. The molecule has 3 rings (SSSR count). The fraction of sp³-hybridized carbons (Fsp3) is 0.167. The fourth-order valence-electron chi connectivity index (χ4n) is 2.44. The van der Waals surface area contributed by atoms with Crippen molar-refractivity contribution in [1.82, 2.24) is 15.0 Å². The normalized spacial score (nSPS) is 10.7. The highest BCUT2D eigenvalue weighted by Gasteiger charge is 2.18. The van der Waals surface area contributed by atoms with Gasteiger partial charge in [0.1, 0.15) is 5.75 Å². The Balaban J connectivity index is 1.82. The van der Waals surface area contributed by atoms with Crippen LogP contribution in [0.15, 0.2) is 42.5 Å². The van der Waals surface area contributed by atoms with Gasteiger partial charge in [-0.25, -0.2) is 4.68 Å². The Morgan fingerprint density at radius 3 is 2.76 bits per heavy atom. The topological polar surface area (TPSA) is 80.0 Å². The minimum Gasteiger partial charge on any atom is -0.506 e. The number of phenolic OH excluding ortho intramolecular Hbond substituents is 1. The molecule has 0 aliphatic heterocycles. The van der Waals surface area contributed by atoms with Crippen LogP contribution in [0.1, 0.15) is 27.3 Å². The van der Waals surface area contributed by atoms with E-state index in [2.05, 4.69) is 15.6 Å². The number of carbonyl (C=O) groups is 1. The number of anilines is 1. The van der Waals surface area contributed by atoms with Crippen molar-refractivity contribution in [3.63, 3.8) is 0 Å². The van der Waals surface area contributed by atoms with Crippen molar-refractivity contribution >= 4 is 23.2 Å². The number of phenols is 1. The Labute approximate surface area is 150 Å². The van der Waals surface area contributed by atoms with Crippen LogP contribution >= 0.6 is 11.6 Å². The molecule has 2 aromatic carbocycles. The van der Waals surface area contributed by atoms with Crippen LogP contribution in [-0.2, 0) is 6.54 Å². The van der Waals surface area contributed by atoms with Gasteiger partial charge in [-0.2, -0.15) is 0 Å². The molecular weight excluding hydrogens is 340 g/mol. The van der Waals surface area contributed by atoms with E-state index in [0.717, 1.165) is 11.1 Å². The summed E-state index contributed by atoms with van der Waals surface area (Å²) in [6.07, 6.45) is 0. The van der Waals surface area contributed by atoms with Gasteiger partial charge in [-0.3, -0.25) is 4.79 Å². The Bertz CT molecular complexity index is 937. The van der Waals surface area contributed by atoms with Gasteiger partial charge in [-0.05, 0) is 43.2 Å². The third kappa shape index (κ3) is 3.64. The molecule has 0 aliphatic carbocycles. The zero-order valence-electron chi connectivity index (χ0n) is 13.8. The van der Waals surface area contributed by atoms with Crippen LogP contribution in [0.2, 0.25) is 5.02 Å². The van der Waals surface area contributed by atoms with Gasteiger partial charge >= 0.3 is 0 Å². The van der Waals surface area contributed by atoms with Gasteiger partial charge in [0.15, 0.2) is 5.69 Å². The summed E-state index contributed by atoms with van der Waals surface area (Å²) in [6, 6.07) is 12.4. The molecule has 0 radical (unpaired) electrons. The third-order valence-electron chi connectivity index (χ3n) is 3.88. The first-order valence-electron chi connectivity index (χ1n) is 7.70. The highest BCUT2D eigenvalue weighted by molar-refractivity contribution is 6.31. The molecule has 0 saturated heterocycles. The molecule has 2 N–H and O–H groups in total. The number of hydrogen-bond acceptors (Lipinski definition) is 4. The van der Waals surface area contributed by atoms with E-state index in [9.17, 15) is 9.90 Å². The van der Waals surface area contributed by atoms with Gasteiger partial charge in [0.25, 0.3) is 5.91 Å². The Hall–Kier alpha value is -2.86. The van der Waals surface area contributed by atoms with E-state index in [1.54, 1.807) is 29.8 Å². The predicted octanol–water partition coefficient (Wildman–Crippen LogP) is 3.55. The Kier molecular flexibility index (Phi) is 4.72. The molecule has 7 heteroatoms. The summed E-state index contributed by atoms with van der Waals surface area (Å²) in [7, 11) is 0. The second-order valence-electron chi connectivity index (χ2n) is 5.75. The molecule has 3 aromatic rings. The van der Waals surface area contributed by atoms with Crippen molar-refractivity contribution < 1.29 is 9.90 Å². The smallest absolute Gasteiger partial charge is 0.278 e. The van der Waals surface area contributed by atoms with E-state index >= 15 is 0 Å². The molecule has 0 aliphatic rings. The van der Waals surface area contributed by atoms with Crippen molar-refractivity contribution in [1.29, 1.82) is 0 Å². The number of carbonyl (C=O) groups excluding carboxylic acids is 1. The third-order valence-corrected chi connectivity index (χ3v) is 4.24. The van der Waals surface area contributed by atoms with Crippen LogP contribution in [0.5, 0.6) is 5.75 Å². The zero-order chi connectivity index (χ0) is 18.0. The summed E-state index contributed by atoms with van der Waals surface area (Å²) in [5.41, 5.74) is 2.97. The number of aryl methyl sites for hydroxylation is 1. The summed E-state index contributed by atoms with van der Waals surface area (Å²) in [4.78, 5) is 12.5. The van der Waals surface area contributed by atoms with Crippen LogP contribution in [0.3, 0.4) is 0 Å². The predicted molar refractivity (Wildman–Crippen MR) is 96.1 cm³/mol.